The third-order valence-electron chi connectivity index (χ3n) is 4.38. The molecule has 84 valence electrons. The highest BCUT2D eigenvalue weighted by atomic mass is 16.6. The molecule has 1 aromatic rings. The van der Waals surface area contributed by atoms with E-state index in [-0.39, 0.29) is 5.41 Å². The summed E-state index contributed by atoms with van der Waals surface area (Å²) in [6.45, 7) is 0.768. The van der Waals surface area contributed by atoms with E-state index in [0.29, 0.717) is 5.92 Å². The molecule has 1 saturated carbocycles. The van der Waals surface area contributed by atoms with E-state index in [9.17, 15) is 0 Å². The molecular formula is C12H14N2O2. The van der Waals surface area contributed by atoms with Crippen LogP contribution in [-0.4, -0.2) is 17.5 Å². The first kappa shape index (κ1) is 8.79. The molecule has 1 fully saturated rings. The van der Waals surface area contributed by atoms with Crippen LogP contribution in [0.1, 0.15) is 36.9 Å². The number of rotatable bonds is 0. The number of fused-ring (bicyclic) bond motifs is 4. The van der Waals surface area contributed by atoms with Gasteiger partial charge >= 0.3 is 0 Å². The third-order valence-corrected chi connectivity index (χ3v) is 4.38. The molecule has 0 radical (unpaired) electrons. The van der Waals surface area contributed by atoms with Gasteiger partial charge in [-0.15, -0.1) is 0 Å². The fourth-order valence-corrected chi connectivity index (χ4v) is 3.62. The Morgan fingerprint density at radius 2 is 2.38 bits per heavy atom. The maximum absolute atomic E-state index is 5.26. The normalized spacial score (nSPS) is 35.8. The Labute approximate surface area is 93.6 Å². The Bertz CT molecular complexity index is 465. The molecule has 16 heavy (non-hydrogen) atoms. The smallest absolute Gasteiger partial charge is 0.127 e. The van der Waals surface area contributed by atoms with Crippen molar-refractivity contribution in [2.45, 2.75) is 37.5 Å². The summed E-state index contributed by atoms with van der Waals surface area (Å²) < 4.78 is 5.16. The average Bonchev–Trinajstić information content (AvgIpc) is 2.97. The van der Waals surface area contributed by atoms with Crippen LogP contribution in [0, 0.1) is 5.92 Å². The summed E-state index contributed by atoms with van der Waals surface area (Å²) in [5.41, 5.74) is 3.72. The topological polar surface area (TPSA) is 47.6 Å². The molecule has 0 N–H and O–H groups in total. The number of nitrogens with zero attached hydrogens (tertiary/aromatic N) is 2. The largest absolute Gasteiger partial charge is 0.395 e. The van der Waals surface area contributed by atoms with Gasteiger partial charge in [-0.25, -0.2) is 0 Å². The molecule has 4 rings (SSSR count). The summed E-state index contributed by atoms with van der Waals surface area (Å²) in [6.07, 6.45) is 7.62. The molecule has 0 unspecified atom stereocenters. The minimum atomic E-state index is 0.0573. The van der Waals surface area contributed by atoms with Gasteiger partial charge in [0, 0.05) is 11.5 Å². The molecule has 4 heteroatoms. The first-order valence-electron chi connectivity index (χ1n) is 6.04. The second-order valence-electron chi connectivity index (χ2n) is 5.13. The summed E-state index contributed by atoms with van der Waals surface area (Å²) in [4.78, 5) is 5.26. The minimum Gasteiger partial charge on any atom is -0.395 e. The second kappa shape index (κ2) is 2.87. The van der Waals surface area contributed by atoms with Gasteiger partial charge in [0.05, 0.1) is 16.8 Å². The van der Waals surface area contributed by atoms with Crippen LogP contribution in [0.3, 0.4) is 0 Å². The second-order valence-corrected chi connectivity index (χ2v) is 5.13. The van der Waals surface area contributed by atoms with Gasteiger partial charge < -0.3 is 9.36 Å². The van der Waals surface area contributed by atoms with Crippen molar-refractivity contribution in [3.63, 3.8) is 0 Å². The van der Waals surface area contributed by atoms with E-state index in [1.165, 1.54) is 30.5 Å². The van der Waals surface area contributed by atoms with Crippen LogP contribution in [0.2, 0.25) is 0 Å². The maximum Gasteiger partial charge on any atom is 0.127 e. The molecule has 1 aliphatic heterocycles. The predicted octanol–water partition coefficient (Wildman–Crippen LogP) is 2.04. The molecule has 2 heterocycles. The monoisotopic (exact) mass is 218 g/mol. The average molecular weight is 218 g/mol. The number of aryl methyl sites for hydroxylation is 1. The van der Waals surface area contributed by atoms with E-state index >= 15 is 0 Å². The van der Waals surface area contributed by atoms with Crippen molar-refractivity contribution < 1.29 is 9.36 Å². The van der Waals surface area contributed by atoms with Gasteiger partial charge in [0.2, 0.25) is 0 Å². The van der Waals surface area contributed by atoms with Crippen LogP contribution < -0.4 is 0 Å². The van der Waals surface area contributed by atoms with E-state index < -0.39 is 0 Å². The van der Waals surface area contributed by atoms with E-state index in [1.54, 1.807) is 6.26 Å². The van der Waals surface area contributed by atoms with Crippen molar-refractivity contribution in [2.75, 3.05) is 6.61 Å². The number of aromatic nitrogens is 1. The molecule has 0 amide bonds. The van der Waals surface area contributed by atoms with Crippen LogP contribution in [0.5, 0.6) is 0 Å². The van der Waals surface area contributed by atoms with E-state index in [1.807, 2.05) is 0 Å². The van der Waals surface area contributed by atoms with Crippen LogP contribution in [0.15, 0.2) is 15.9 Å². The van der Waals surface area contributed by atoms with E-state index in [0.717, 1.165) is 25.1 Å². The van der Waals surface area contributed by atoms with Crippen molar-refractivity contribution in [1.29, 1.82) is 0 Å². The summed E-state index contributed by atoms with van der Waals surface area (Å²) in [5, 5.41) is 8.53. The van der Waals surface area contributed by atoms with Gasteiger partial charge in [0.1, 0.15) is 12.9 Å². The molecule has 2 aliphatic carbocycles. The van der Waals surface area contributed by atoms with Crippen molar-refractivity contribution in [2.24, 2.45) is 11.1 Å². The quantitative estimate of drug-likeness (QED) is 0.669. The fraction of sp³-hybridized carbons (Fsp3) is 0.667. The Balaban J connectivity index is 1.89. The van der Waals surface area contributed by atoms with Crippen molar-refractivity contribution in [1.82, 2.24) is 5.16 Å². The lowest BCUT2D eigenvalue weighted by Gasteiger charge is -2.31. The Kier molecular flexibility index (Phi) is 1.58. The van der Waals surface area contributed by atoms with E-state index in [2.05, 4.69) is 10.3 Å². The zero-order valence-corrected chi connectivity index (χ0v) is 9.11. The predicted molar refractivity (Wildman–Crippen MR) is 57.2 cm³/mol. The Morgan fingerprint density at radius 3 is 3.38 bits per heavy atom. The van der Waals surface area contributed by atoms with Gasteiger partial charge in [0.15, 0.2) is 0 Å². The minimum absolute atomic E-state index is 0.0573. The molecule has 0 bridgehead atoms. The Morgan fingerprint density at radius 1 is 1.38 bits per heavy atom. The molecule has 2 atom stereocenters. The molecule has 1 spiro atoms. The highest BCUT2D eigenvalue weighted by Gasteiger charge is 2.53. The molecule has 4 nitrogen and oxygen atoms in total. The summed E-state index contributed by atoms with van der Waals surface area (Å²) in [7, 11) is 0. The lowest BCUT2D eigenvalue weighted by Crippen LogP contribution is -2.36. The molecule has 0 aromatic carbocycles. The van der Waals surface area contributed by atoms with Crippen molar-refractivity contribution >= 4 is 5.71 Å². The lowest BCUT2D eigenvalue weighted by atomic mass is 9.71. The molecule has 3 aliphatic rings. The summed E-state index contributed by atoms with van der Waals surface area (Å²) in [6, 6.07) is 0. The van der Waals surface area contributed by atoms with Crippen LogP contribution in [0.25, 0.3) is 0 Å². The summed E-state index contributed by atoms with van der Waals surface area (Å²) in [5.74, 6) is 0.530. The van der Waals surface area contributed by atoms with Crippen LogP contribution in [0.4, 0.5) is 0 Å². The van der Waals surface area contributed by atoms with Gasteiger partial charge in [-0.1, -0.05) is 10.3 Å². The van der Waals surface area contributed by atoms with Crippen LogP contribution in [-0.2, 0) is 16.7 Å². The van der Waals surface area contributed by atoms with Gasteiger partial charge in [-0.3, -0.25) is 0 Å². The fourth-order valence-electron chi connectivity index (χ4n) is 3.62. The number of oxime groups is 1. The molecular weight excluding hydrogens is 204 g/mol. The number of hydrogen-bond acceptors (Lipinski definition) is 4. The number of hydrogen-bond donors (Lipinski definition) is 0. The highest BCUT2D eigenvalue weighted by molar-refractivity contribution is 5.99. The third kappa shape index (κ3) is 0.907. The van der Waals surface area contributed by atoms with Gasteiger partial charge in [-0.2, -0.15) is 0 Å². The SMILES string of the molecule is c1onc2c1CCC[C@@]21CC[C@H]2CON=C21. The van der Waals surface area contributed by atoms with Crippen LogP contribution >= 0.6 is 0 Å². The molecule has 1 aromatic heterocycles. The van der Waals surface area contributed by atoms with Gasteiger partial charge in [0.25, 0.3) is 0 Å². The van der Waals surface area contributed by atoms with Crippen molar-refractivity contribution in [3.8, 4) is 0 Å². The maximum atomic E-state index is 5.26. The first-order valence-corrected chi connectivity index (χ1v) is 6.04. The first-order chi connectivity index (χ1) is 7.90. The zero-order valence-electron chi connectivity index (χ0n) is 9.11. The lowest BCUT2D eigenvalue weighted by molar-refractivity contribution is 0.149. The standard InChI is InChI=1S/C12H14N2O2/c1-2-8-6-15-13-10(8)12(4-1)5-3-9-7-16-14-11(9)12/h6,9H,1-5,7H2/t9-,12+/m0/s1. The van der Waals surface area contributed by atoms with Gasteiger partial charge in [-0.05, 0) is 32.1 Å². The van der Waals surface area contributed by atoms with E-state index in [4.69, 9.17) is 9.36 Å². The Hall–Kier alpha value is -1.32. The highest BCUT2D eigenvalue weighted by Crippen LogP contribution is 2.50. The summed E-state index contributed by atoms with van der Waals surface area (Å²) >= 11 is 0. The van der Waals surface area contributed by atoms with Crippen molar-refractivity contribution in [3.05, 3.63) is 17.5 Å². The molecule has 0 saturated heterocycles. The zero-order chi connectivity index (χ0) is 10.6.